The number of esters is 1. The number of carbonyl (C=O) groups excluding carboxylic acids is 2. The fourth-order valence-corrected chi connectivity index (χ4v) is 5.40. The van der Waals surface area contributed by atoms with Crippen LogP contribution in [0.25, 0.3) is 0 Å². The number of ether oxygens (including phenoxy) is 1. The molecule has 2 N–H and O–H groups in total. The van der Waals surface area contributed by atoms with E-state index in [1.807, 2.05) is 11.0 Å². The molecule has 0 unspecified atom stereocenters. The molecular weight excluding hydrogens is 445 g/mol. The number of benzene rings is 1. The fourth-order valence-electron chi connectivity index (χ4n) is 5.24. The molecule has 0 bridgehead atoms. The van der Waals surface area contributed by atoms with Gasteiger partial charge in [0.15, 0.2) is 5.60 Å². The number of anilines is 1. The van der Waals surface area contributed by atoms with Crippen LogP contribution < -0.4 is 10.6 Å². The van der Waals surface area contributed by atoms with E-state index in [0.29, 0.717) is 41.5 Å². The first kappa shape index (κ1) is 24.0. The molecule has 180 valence electrons. The molecule has 1 heterocycles. The van der Waals surface area contributed by atoms with Crippen molar-refractivity contribution in [2.75, 3.05) is 37.6 Å². The van der Waals surface area contributed by atoms with E-state index < -0.39 is 11.5 Å². The zero-order valence-corrected chi connectivity index (χ0v) is 19.8. The number of nitrogens with two attached hydrogens (primary N) is 1. The van der Waals surface area contributed by atoms with E-state index in [4.69, 9.17) is 22.1 Å². The largest absolute Gasteiger partial charge is 0.446 e. The average molecular weight is 478 g/mol. The Morgan fingerprint density at radius 1 is 1.18 bits per heavy atom. The van der Waals surface area contributed by atoms with Crippen LogP contribution in [0, 0.1) is 11.7 Å². The van der Waals surface area contributed by atoms with Gasteiger partial charge in [0.2, 0.25) is 0 Å². The Balaban J connectivity index is 1.23. The van der Waals surface area contributed by atoms with Gasteiger partial charge in [0.1, 0.15) is 5.82 Å². The summed E-state index contributed by atoms with van der Waals surface area (Å²) in [5.74, 6) is -0.667. The maximum atomic E-state index is 14.1. The van der Waals surface area contributed by atoms with Crippen LogP contribution in [-0.4, -0.2) is 55.1 Å². The summed E-state index contributed by atoms with van der Waals surface area (Å²) in [5.41, 5.74) is 5.76. The monoisotopic (exact) mass is 477 g/mol. The van der Waals surface area contributed by atoms with Gasteiger partial charge in [-0.2, -0.15) is 0 Å². The van der Waals surface area contributed by atoms with Crippen molar-refractivity contribution in [3.8, 4) is 0 Å². The van der Waals surface area contributed by atoms with Gasteiger partial charge in [-0.15, -0.1) is 0 Å². The maximum Gasteiger partial charge on any atom is 0.334 e. The summed E-state index contributed by atoms with van der Waals surface area (Å²) in [7, 11) is 0. The molecule has 2 aliphatic carbocycles. The smallest absolute Gasteiger partial charge is 0.334 e. The molecule has 3 aliphatic rings. The van der Waals surface area contributed by atoms with Gasteiger partial charge in [-0.3, -0.25) is 9.69 Å². The van der Waals surface area contributed by atoms with Gasteiger partial charge in [0, 0.05) is 36.8 Å². The zero-order chi connectivity index (χ0) is 23.4. The summed E-state index contributed by atoms with van der Waals surface area (Å²) in [6.07, 6.45) is 8.13. The Morgan fingerprint density at radius 2 is 1.91 bits per heavy atom. The summed E-state index contributed by atoms with van der Waals surface area (Å²) in [5, 5.41) is 0.545. The molecule has 0 radical (unpaired) electrons. The molecule has 8 heteroatoms. The van der Waals surface area contributed by atoms with E-state index in [1.165, 1.54) is 6.07 Å². The number of carbonyl (C=O) groups is 2. The highest BCUT2D eigenvalue weighted by atomic mass is 35.5. The first-order valence-corrected chi connectivity index (χ1v) is 12.4. The normalized spacial score (nSPS) is 26.2. The van der Waals surface area contributed by atoms with E-state index in [2.05, 4.69) is 4.90 Å². The first-order chi connectivity index (χ1) is 15.9. The molecule has 0 spiro atoms. The van der Waals surface area contributed by atoms with Gasteiger partial charge < -0.3 is 15.4 Å². The van der Waals surface area contributed by atoms with E-state index in [0.717, 1.165) is 64.8 Å². The molecule has 1 aliphatic heterocycles. The predicted molar refractivity (Wildman–Crippen MR) is 127 cm³/mol. The molecule has 0 aromatic heterocycles. The Bertz CT molecular complexity index is 906. The lowest BCUT2D eigenvalue weighted by molar-refractivity contribution is -0.168. The van der Waals surface area contributed by atoms with Crippen LogP contribution in [0.15, 0.2) is 29.8 Å². The van der Waals surface area contributed by atoms with Crippen LogP contribution in [0.5, 0.6) is 0 Å². The van der Waals surface area contributed by atoms with E-state index >= 15 is 0 Å². The van der Waals surface area contributed by atoms with Crippen LogP contribution in [0.3, 0.4) is 0 Å². The Hall–Kier alpha value is -2.12. The van der Waals surface area contributed by atoms with Crippen molar-refractivity contribution < 1.29 is 18.7 Å². The quantitative estimate of drug-likeness (QED) is 0.599. The molecule has 6 nitrogen and oxygen atoms in total. The topological polar surface area (TPSA) is 75.9 Å². The van der Waals surface area contributed by atoms with Gasteiger partial charge in [0.05, 0.1) is 5.69 Å². The van der Waals surface area contributed by atoms with Crippen molar-refractivity contribution in [1.29, 1.82) is 0 Å². The lowest BCUT2D eigenvalue weighted by atomic mass is 9.77. The van der Waals surface area contributed by atoms with E-state index in [1.54, 1.807) is 12.1 Å². The highest BCUT2D eigenvalue weighted by Crippen LogP contribution is 2.37. The highest BCUT2D eigenvalue weighted by Gasteiger charge is 2.44. The van der Waals surface area contributed by atoms with E-state index in [9.17, 15) is 14.0 Å². The second-order valence-electron chi connectivity index (χ2n) is 9.53. The first-order valence-electron chi connectivity index (χ1n) is 12.0. The molecule has 0 atom stereocenters. The number of rotatable bonds is 7. The number of piperazine rings is 1. The summed E-state index contributed by atoms with van der Waals surface area (Å²) in [6.45, 7) is 4.23. The van der Waals surface area contributed by atoms with Crippen molar-refractivity contribution in [1.82, 2.24) is 4.90 Å². The lowest BCUT2D eigenvalue weighted by Crippen LogP contribution is -2.50. The SMILES string of the molecule is NC(=O)C1(OC(=O)C2=CCCC2)CCC(CCN2CCN(c3cc(Cl)ccc3F)CC2)CC1. The Morgan fingerprint density at radius 3 is 2.55 bits per heavy atom. The molecule has 1 saturated heterocycles. The number of allylic oxidation sites excluding steroid dienone is 1. The van der Waals surface area contributed by atoms with Crippen molar-refractivity contribution in [3.63, 3.8) is 0 Å². The maximum absolute atomic E-state index is 14.1. The second kappa shape index (κ2) is 10.4. The number of amides is 1. The van der Waals surface area contributed by atoms with Crippen molar-refractivity contribution >= 4 is 29.2 Å². The van der Waals surface area contributed by atoms with Gasteiger partial charge in [-0.1, -0.05) is 17.7 Å². The Labute approximate surface area is 199 Å². The number of nitrogens with zero attached hydrogens (tertiary/aromatic N) is 2. The van der Waals surface area contributed by atoms with Crippen molar-refractivity contribution in [2.45, 2.75) is 57.0 Å². The third kappa shape index (κ3) is 5.69. The Kier molecular flexibility index (Phi) is 7.59. The molecule has 1 aromatic rings. The fraction of sp³-hybridized carbons (Fsp3) is 0.600. The van der Waals surface area contributed by atoms with Gasteiger partial charge >= 0.3 is 5.97 Å². The minimum atomic E-state index is -1.16. The van der Waals surface area contributed by atoms with Crippen LogP contribution in [0.1, 0.15) is 51.4 Å². The average Bonchev–Trinajstić information content (AvgIpc) is 3.36. The van der Waals surface area contributed by atoms with Gasteiger partial charge in [-0.25, -0.2) is 9.18 Å². The van der Waals surface area contributed by atoms with Crippen molar-refractivity contribution in [3.05, 3.63) is 40.7 Å². The molecule has 1 saturated carbocycles. The van der Waals surface area contributed by atoms with E-state index in [-0.39, 0.29) is 11.8 Å². The molecule has 2 fully saturated rings. The molecule has 33 heavy (non-hydrogen) atoms. The lowest BCUT2D eigenvalue weighted by Gasteiger charge is -2.39. The summed E-state index contributed by atoms with van der Waals surface area (Å²) >= 11 is 6.04. The van der Waals surface area contributed by atoms with Crippen LogP contribution in [0.4, 0.5) is 10.1 Å². The molecular formula is C25H33ClFN3O3. The number of primary amides is 1. The molecule has 1 amide bonds. The minimum Gasteiger partial charge on any atom is -0.446 e. The number of hydrogen-bond acceptors (Lipinski definition) is 5. The third-order valence-corrected chi connectivity index (χ3v) is 7.66. The summed E-state index contributed by atoms with van der Waals surface area (Å²) in [4.78, 5) is 29.1. The van der Waals surface area contributed by atoms with Crippen LogP contribution >= 0.6 is 11.6 Å². The van der Waals surface area contributed by atoms with Gasteiger partial charge in [-0.05, 0) is 82.0 Å². The minimum absolute atomic E-state index is 0.238. The van der Waals surface area contributed by atoms with Gasteiger partial charge in [0.25, 0.3) is 5.91 Å². The zero-order valence-electron chi connectivity index (χ0n) is 19.0. The van der Waals surface area contributed by atoms with Crippen LogP contribution in [-0.2, 0) is 14.3 Å². The van der Waals surface area contributed by atoms with Crippen LogP contribution in [0.2, 0.25) is 5.02 Å². The molecule has 1 aromatic carbocycles. The predicted octanol–water partition coefficient (Wildman–Crippen LogP) is 4.06. The summed E-state index contributed by atoms with van der Waals surface area (Å²) in [6, 6.07) is 4.68. The molecule has 4 rings (SSSR count). The van der Waals surface area contributed by atoms with Crippen molar-refractivity contribution in [2.24, 2.45) is 11.7 Å². The number of hydrogen-bond donors (Lipinski definition) is 1. The summed E-state index contributed by atoms with van der Waals surface area (Å²) < 4.78 is 19.8. The standard InChI is InChI=1S/C25H33ClFN3O3/c26-20-5-6-21(27)22(17-20)30-15-13-29(14-16-30)12-9-18-7-10-25(11-8-18,24(28)32)33-23(31)19-3-1-2-4-19/h3,5-6,17-18H,1-2,4,7-16H2,(H2,28,32). The third-order valence-electron chi connectivity index (χ3n) is 7.43. The number of halogens is 2. The highest BCUT2D eigenvalue weighted by molar-refractivity contribution is 6.30. The second-order valence-corrected chi connectivity index (χ2v) is 9.96.